The van der Waals surface area contributed by atoms with E-state index in [4.69, 9.17) is 9.47 Å². The van der Waals surface area contributed by atoms with E-state index in [0.29, 0.717) is 32.5 Å². The van der Waals surface area contributed by atoms with Crippen molar-refractivity contribution in [2.45, 2.75) is 51.9 Å². The number of rotatable bonds is 11. The number of carbonyl (C=O) groups excluding carboxylic acids is 1. The highest BCUT2D eigenvalue weighted by molar-refractivity contribution is 5.99. The molecular weight excluding hydrogens is 370 g/mol. The fourth-order valence-corrected chi connectivity index (χ4v) is 3.03. The van der Waals surface area contributed by atoms with Gasteiger partial charge >= 0.3 is 0 Å². The molecule has 0 aliphatic carbocycles. The normalized spacial score (nSPS) is 15.4. The number of nitrogens with one attached hydrogen (secondary N) is 1. The van der Waals surface area contributed by atoms with Crippen molar-refractivity contribution in [1.82, 2.24) is 10.2 Å². The Kier molecular flexibility index (Phi) is 8.67. The Morgan fingerprint density at radius 2 is 2.14 bits per heavy atom. The van der Waals surface area contributed by atoms with Crippen molar-refractivity contribution < 1.29 is 19.4 Å². The van der Waals surface area contributed by atoms with Crippen LogP contribution in [-0.2, 0) is 20.9 Å². The maximum Gasteiger partial charge on any atom is 0.207 e. The molecule has 1 aromatic carbocycles. The second-order valence-corrected chi connectivity index (χ2v) is 8.11. The minimum absolute atomic E-state index is 0.00216. The van der Waals surface area contributed by atoms with E-state index in [1.165, 1.54) is 0 Å². The monoisotopic (exact) mass is 403 g/mol. The van der Waals surface area contributed by atoms with Gasteiger partial charge in [0.15, 0.2) is 0 Å². The predicted octanol–water partition coefficient (Wildman–Crippen LogP) is 2.44. The van der Waals surface area contributed by atoms with Crippen LogP contribution in [0.25, 0.3) is 0 Å². The second-order valence-electron chi connectivity index (χ2n) is 8.11. The van der Waals surface area contributed by atoms with E-state index in [1.807, 2.05) is 57.0 Å². The minimum Gasteiger partial charge on any atom is -0.491 e. The Bertz CT molecular complexity index is 725. The highest BCUT2D eigenvalue weighted by Crippen LogP contribution is 2.19. The van der Waals surface area contributed by atoms with Crippen LogP contribution in [0.4, 0.5) is 0 Å². The Morgan fingerprint density at radius 1 is 1.34 bits per heavy atom. The van der Waals surface area contributed by atoms with Gasteiger partial charge in [-0.15, -0.1) is 0 Å². The molecule has 0 spiro atoms. The SMILES string of the molecule is CN1CC(OC(CCNC=O)CCOC(C)(C)C)=CN=C1c1cccc(CO)c1. The molecule has 0 saturated carbocycles. The second kappa shape index (κ2) is 11.0. The Hall–Kier alpha value is -2.38. The van der Waals surface area contributed by atoms with Gasteiger partial charge in [-0.25, -0.2) is 4.99 Å². The van der Waals surface area contributed by atoms with Crippen LogP contribution in [0, 0.1) is 0 Å². The number of amidine groups is 1. The molecule has 1 aliphatic heterocycles. The van der Waals surface area contributed by atoms with Gasteiger partial charge in [0.25, 0.3) is 0 Å². The van der Waals surface area contributed by atoms with E-state index >= 15 is 0 Å². The van der Waals surface area contributed by atoms with Crippen LogP contribution in [0.2, 0.25) is 0 Å². The number of likely N-dealkylation sites (N-methyl/N-ethyl adjacent to an activating group) is 1. The van der Waals surface area contributed by atoms with E-state index in [2.05, 4.69) is 10.3 Å². The molecule has 160 valence electrons. The highest BCUT2D eigenvalue weighted by atomic mass is 16.5. The zero-order valence-corrected chi connectivity index (χ0v) is 17.9. The maximum atomic E-state index is 10.6. The van der Waals surface area contributed by atoms with Crippen molar-refractivity contribution in [2.75, 3.05) is 26.7 Å². The molecule has 1 heterocycles. The molecule has 2 rings (SSSR count). The highest BCUT2D eigenvalue weighted by Gasteiger charge is 2.20. The molecule has 1 unspecified atom stereocenters. The van der Waals surface area contributed by atoms with Crippen LogP contribution < -0.4 is 5.32 Å². The molecule has 1 aliphatic rings. The van der Waals surface area contributed by atoms with Crippen molar-refractivity contribution in [1.29, 1.82) is 0 Å². The van der Waals surface area contributed by atoms with Crippen molar-refractivity contribution >= 4 is 12.2 Å². The van der Waals surface area contributed by atoms with Gasteiger partial charge in [-0.05, 0) is 32.4 Å². The molecule has 0 radical (unpaired) electrons. The smallest absolute Gasteiger partial charge is 0.207 e. The van der Waals surface area contributed by atoms with Crippen LogP contribution in [0.3, 0.4) is 0 Å². The predicted molar refractivity (Wildman–Crippen MR) is 113 cm³/mol. The van der Waals surface area contributed by atoms with Crippen LogP contribution in [-0.4, -0.2) is 60.7 Å². The van der Waals surface area contributed by atoms with Crippen LogP contribution in [0.15, 0.2) is 41.2 Å². The molecule has 0 aromatic heterocycles. The zero-order valence-electron chi connectivity index (χ0n) is 17.9. The maximum absolute atomic E-state index is 10.6. The third-order valence-electron chi connectivity index (χ3n) is 4.44. The van der Waals surface area contributed by atoms with Crippen molar-refractivity contribution in [3.05, 3.63) is 47.4 Å². The van der Waals surface area contributed by atoms with Gasteiger partial charge in [-0.1, -0.05) is 18.2 Å². The van der Waals surface area contributed by atoms with Crippen LogP contribution in [0.5, 0.6) is 0 Å². The Morgan fingerprint density at radius 3 is 2.79 bits per heavy atom. The lowest BCUT2D eigenvalue weighted by Gasteiger charge is -2.29. The summed E-state index contributed by atoms with van der Waals surface area (Å²) < 4.78 is 12.0. The fraction of sp³-hybridized carbons (Fsp3) is 0.545. The van der Waals surface area contributed by atoms with Gasteiger partial charge in [0.05, 0.1) is 31.6 Å². The lowest BCUT2D eigenvalue weighted by molar-refractivity contribution is -0.109. The number of amides is 1. The molecular formula is C22H33N3O4. The van der Waals surface area contributed by atoms with Gasteiger partial charge < -0.3 is 24.8 Å². The number of ether oxygens (including phenoxy) is 2. The van der Waals surface area contributed by atoms with Crippen molar-refractivity contribution in [2.24, 2.45) is 4.99 Å². The first kappa shape index (κ1) is 22.9. The van der Waals surface area contributed by atoms with Crippen molar-refractivity contribution in [3.63, 3.8) is 0 Å². The molecule has 1 aromatic rings. The number of nitrogens with zero attached hydrogens (tertiary/aromatic N) is 2. The molecule has 2 N–H and O–H groups in total. The lowest BCUT2D eigenvalue weighted by Crippen LogP contribution is -2.34. The quantitative estimate of drug-likeness (QED) is 0.438. The zero-order chi connectivity index (χ0) is 21.3. The van der Waals surface area contributed by atoms with E-state index in [9.17, 15) is 9.90 Å². The summed E-state index contributed by atoms with van der Waals surface area (Å²) in [6.45, 7) is 7.81. The van der Waals surface area contributed by atoms with Gasteiger partial charge in [-0.3, -0.25) is 4.79 Å². The molecule has 0 bridgehead atoms. The summed E-state index contributed by atoms with van der Waals surface area (Å²) in [4.78, 5) is 17.2. The number of carbonyl (C=O) groups is 1. The summed E-state index contributed by atoms with van der Waals surface area (Å²) >= 11 is 0. The van der Waals surface area contributed by atoms with E-state index in [-0.39, 0.29) is 18.3 Å². The topological polar surface area (TPSA) is 83.4 Å². The van der Waals surface area contributed by atoms with Crippen LogP contribution >= 0.6 is 0 Å². The first-order valence-corrected chi connectivity index (χ1v) is 9.98. The molecule has 7 heteroatoms. The molecule has 0 saturated heterocycles. The third-order valence-corrected chi connectivity index (χ3v) is 4.44. The fourth-order valence-electron chi connectivity index (χ4n) is 3.03. The third kappa shape index (κ3) is 7.87. The molecule has 0 fully saturated rings. The van der Waals surface area contributed by atoms with Crippen LogP contribution in [0.1, 0.15) is 44.7 Å². The molecule has 7 nitrogen and oxygen atoms in total. The Labute approximate surface area is 173 Å². The number of aliphatic imine (C=N–C) groups is 1. The summed E-state index contributed by atoms with van der Waals surface area (Å²) in [5.74, 6) is 1.62. The molecule has 1 atom stereocenters. The summed E-state index contributed by atoms with van der Waals surface area (Å²) in [6, 6.07) is 7.71. The number of aliphatic hydroxyl groups is 1. The number of hydrogen-bond acceptors (Lipinski definition) is 6. The van der Waals surface area contributed by atoms with Crippen molar-refractivity contribution in [3.8, 4) is 0 Å². The van der Waals surface area contributed by atoms with E-state index in [1.54, 1.807) is 6.20 Å². The van der Waals surface area contributed by atoms with E-state index in [0.717, 1.165) is 29.1 Å². The average molecular weight is 404 g/mol. The lowest BCUT2D eigenvalue weighted by atomic mass is 10.1. The van der Waals surface area contributed by atoms with Gasteiger partial charge in [0, 0.05) is 32.0 Å². The first-order chi connectivity index (χ1) is 13.8. The standard InChI is InChI=1S/C22H33N3O4/c1-22(2,3)28-11-9-19(8-10-23-16-27)29-20-13-24-21(25(4)14-20)18-7-5-6-17(12-18)15-26/h5-7,12-13,16,19,26H,8-11,14-15H2,1-4H3,(H,23,27). The van der Waals surface area contributed by atoms with Gasteiger partial charge in [0.2, 0.25) is 6.41 Å². The first-order valence-electron chi connectivity index (χ1n) is 9.98. The van der Waals surface area contributed by atoms with E-state index < -0.39 is 0 Å². The molecule has 29 heavy (non-hydrogen) atoms. The van der Waals surface area contributed by atoms with Gasteiger partial charge in [-0.2, -0.15) is 0 Å². The minimum atomic E-state index is -0.196. The number of hydrogen-bond donors (Lipinski definition) is 2. The Balaban J connectivity index is 2.04. The van der Waals surface area contributed by atoms with Gasteiger partial charge in [0.1, 0.15) is 17.7 Å². The largest absolute Gasteiger partial charge is 0.491 e. The summed E-state index contributed by atoms with van der Waals surface area (Å²) in [6.07, 6.45) is 3.81. The summed E-state index contributed by atoms with van der Waals surface area (Å²) in [7, 11) is 1.96. The number of benzene rings is 1. The average Bonchev–Trinajstić information content (AvgIpc) is 2.67. The summed E-state index contributed by atoms with van der Waals surface area (Å²) in [5.41, 5.74) is 1.61. The summed E-state index contributed by atoms with van der Waals surface area (Å²) in [5, 5.41) is 12.0. The number of aliphatic hydroxyl groups excluding tert-OH is 1. The molecule has 1 amide bonds.